The van der Waals surface area contributed by atoms with Crippen LogP contribution in [-0.2, 0) is 14.7 Å². The van der Waals surface area contributed by atoms with Gasteiger partial charge in [0.1, 0.15) is 0 Å². The molecule has 0 amide bonds. The van der Waals surface area contributed by atoms with Crippen LogP contribution >= 0.6 is 11.8 Å². The Balaban J connectivity index is 2.41. The van der Waals surface area contributed by atoms with Crippen LogP contribution in [0.2, 0.25) is 0 Å². The Morgan fingerprint density at radius 2 is 2.18 bits per heavy atom. The molecule has 1 heterocycles. The summed E-state index contributed by atoms with van der Waals surface area (Å²) in [5.74, 6) is -0.162. The summed E-state index contributed by atoms with van der Waals surface area (Å²) in [6.45, 7) is -0.193. The molecule has 0 aromatic carbocycles. The van der Waals surface area contributed by atoms with E-state index in [1.54, 1.807) is 0 Å². The van der Waals surface area contributed by atoms with Gasteiger partial charge in [0.25, 0.3) is 0 Å². The van der Waals surface area contributed by atoms with Crippen molar-refractivity contribution in [3.8, 4) is 0 Å². The van der Waals surface area contributed by atoms with Gasteiger partial charge in [-0.1, -0.05) is 11.8 Å². The molecule has 1 rings (SSSR count). The summed E-state index contributed by atoms with van der Waals surface area (Å²) in [5, 5.41) is 10.0. The predicted molar refractivity (Wildman–Crippen MR) is 40.7 cm³/mol. The van der Waals surface area contributed by atoms with Crippen LogP contribution in [0.15, 0.2) is 0 Å². The lowest BCUT2D eigenvalue weighted by molar-refractivity contribution is -0.125. The van der Waals surface area contributed by atoms with Crippen molar-refractivity contribution >= 4 is 22.7 Å². The van der Waals surface area contributed by atoms with Crippen molar-refractivity contribution in [3.05, 3.63) is 0 Å². The average molecular weight is 173 g/mol. The normalized spacial score (nSPS) is 24.6. The van der Waals surface area contributed by atoms with Crippen LogP contribution in [0.3, 0.4) is 0 Å². The Hall–Kier alpha value is -0.350. The number of ketones is 1. The Kier molecular flexibility index (Phi) is 3.08. The fourth-order valence-corrected chi connectivity index (χ4v) is 1.98. The number of thioether (sulfide) groups is 1. The van der Waals surface area contributed by atoms with Gasteiger partial charge in [-0.3, -0.25) is 9.59 Å². The van der Waals surface area contributed by atoms with E-state index in [0.717, 1.165) is 11.8 Å². The number of carbonyl (C=O) groups is 2. The van der Waals surface area contributed by atoms with E-state index >= 15 is 0 Å². The summed E-state index contributed by atoms with van der Waals surface area (Å²) in [6.07, 6.45) is 0.886. The Labute approximate surface area is 69.2 Å². The molecule has 1 aliphatic rings. The van der Waals surface area contributed by atoms with Gasteiger partial charge < -0.3 is 0 Å². The third-order valence-corrected chi connectivity index (χ3v) is 2.66. The molecule has 61 valence electrons. The third-order valence-electron chi connectivity index (χ3n) is 1.67. The van der Waals surface area contributed by atoms with E-state index in [4.69, 9.17) is 0 Å². The summed E-state index contributed by atoms with van der Waals surface area (Å²) in [7, 11) is 0. The van der Waals surface area contributed by atoms with Crippen molar-refractivity contribution < 1.29 is 14.7 Å². The maximum atomic E-state index is 10.9. The monoisotopic (exact) mass is 173 g/mol. The largest absolute Gasteiger partial charge is 0.298 e. The molecule has 0 aromatic heterocycles. The number of rotatable bonds is 3. The summed E-state index contributed by atoms with van der Waals surface area (Å²) >= 11 is 1.07. The summed E-state index contributed by atoms with van der Waals surface area (Å²) in [5.41, 5.74) is 0. The first kappa shape index (κ1) is 8.74. The molecular weight excluding hydrogens is 164 g/mol. The lowest BCUT2D eigenvalue weighted by Gasteiger charge is -2.01. The highest BCUT2D eigenvalue weighted by Gasteiger charge is 2.32. The molecule has 1 saturated heterocycles. The minimum atomic E-state index is -0.464. The first-order valence-electron chi connectivity index (χ1n) is 3.53. The second kappa shape index (κ2) is 3.88. The van der Waals surface area contributed by atoms with E-state index < -0.39 is 5.92 Å². The van der Waals surface area contributed by atoms with Gasteiger partial charge in [-0.2, -0.15) is 0 Å². The molecule has 0 saturated carbocycles. The standard InChI is InChI=1S/C7H9O3S/c8-3-1-2-5-6(9)4-11-7(5)10/h5H,1-4H2. The molecule has 1 fully saturated rings. The molecule has 4 heteroatoms. The highest BCUT2D eigenvalue weighted by molar-refractivity contribution is 8.15. The molecule has 0 N–H and O–H groups in total. The maximum absolute atomic E-state index is 10.9. The van der Waals surface area contributed by atoms with Crippen LogP contribution in [0, 0.1) is 5.92 Å². The fourth-order valence-electron chi connectivity index (χ4n) is 1.04. The highest BCUT2D eigenvalue weighted by atomic mass is 32.2. The molecule has 1 radical (unpaired) electrons. The van der Waals surface area contributed by atoms with Gasteiger partial charge >= 0.3 is 0 Å². The minimum Gasteiger partial charge on any atom is -0.298 e. The Morgan fingerprint density at radius 1 is 1.45 bits per heavy atom. The lowest BCUT2D eigenvalue weighted by atomic mass is 10.0. The molecule has 0 spiro atoms. The van der Waals surface area contributed by atoms with Gasteiger partial charge in [-0.25, -0.2) is 5.11 Å². The van der Waals surface area contributed by atoms with E-state index in [0.29, 0.717) is 18.6 Å². The van der Waals surface area contributed by atoms with Crippen molar-refractivity contribution in [2.24, 2.45) is 5.92 Å². The van der Waals surface area contributed by atoms with Crippen LogP contribution in [0.25, 0.3) is 0 Å². The van der Waals surface area contributed by atoms with Crippen molar-refractivity contribution in [2.45, 2.75) is 12.8 Å². The number of hydrogen-bond donors (Lipinski definition) is 0. The number of Topliss-reactive ketones (excluding diaryl/α,β-unsaturated/α-hetero) is 1. The zero-order valence-corrected chi connectivity index (χ0v) is 6.86. The molecule has 0 aliphatic carbocycles. The zero-order chi connectivity index (χ0) is 8.27. The van der Waals surface area contributed by atoms with Gasteiger partial charge in [0.2, 0.25) is 0 Å². The van der Waals surface area contributed by atoms with E-state index in [9.17, 15) is 14.7 Å². The van der Waals surface area contributed by atoms with Gasteiger partial charge in [0.15, 0.2) is 10.9 Å². The van der Waals surface area contributed by atoms with Gasteiger partial charge in [0.05, 0.1) is 18.3 Å². The topological polar surface area (TPSA) is 54.0 Å². The van der Waals surface area contributed by atoms with E-state index in [-0.39, 0.29) is 17.5 Å². The smallest absolute Gasteiger partial charge is 0.199 e. The van der Waals surface area contributed by atoms with Crippen LogP contribution < -0.4 is 0 Å². The Morgan fingerprint density at radius 3 is 2.64 bits per heavy atom. The number of carbonyl (C=O) groups excluding carboxylic acids is 2. The van der Waals surface area contributed by atoms with Crippen molar-refractivity contribution in [1.29, 1.82) is 0 Å². The predicted octanol–water partition coefficient (Wildman–Crippen LogP) is 0.656. The second-order valence-corrected chi connectivity index (χ2v) is 3.45. The van der Waals surface area contributed by atoms with E-state index in [1.165, 1.54) is 0 Å². The summed E-state index contributed by atoms with van der Waals surface area (Å²) < 4.78 is 0. The van der Waals surface area contributed by atoms with Crippen molar-refractivity contribution in [3.63, 3.8) is 0 Å². The van der Waals surface area contributed by atoms with E-state index in [2.05, 4.69) is 0 Å². The second-order valence-electron chi connectivity index (χ2n) is 2.47. The molecule has 1 atom stereocenters. The molecule has 0 bridgehead atoms. The lowest BCUT2D eigenvalue weighted by Crippen LogP contribution is -2.14. The van der Waals surface area contributed by atoms with Crippen LogP contribution in [0.5, 0.6) is 0 Å². The molecule has 1 aliphatic heterocycles. The van der Waals surface area contributed by atoms with Crippen LogP contribution in [0.1, 0.15) is 12.8 Å². The number of hydrogen-bond acceptors (Lipinski definition) is 3. The van der Waals surface area contributed by atoms with E-state index in [1.807, 2.05) is 0 Å². The SMILES string of the molecule is [O]CCCC1C(=O)CSC1=O. The first-order chi connectivity index (χ1) is 5.25. The minimum absolute atomic E-state index is 0.00606. The molecule has 0 aromatic rings. The van der Waals surface area contributed by atoms with Gasteiger partial charge in [-0.15, -0.1) is 0 Å². The fraction of sp³-hybridized carbons (Fsp3) is 0.714. The maximum Gasteiger partial charge on any atom is 0.199 e. The zero-order valence-electron chi connectivity index (χ0n) is 6.04. The van der Waals surface area contributed by atoms with Gasteiger partial charge in [-0.05, 0) is 12.8 Å². The third kappa shape index (κ3) is 2.04. The molecule has 11 heavy (non-hydrogen) atoms. The quantitative estimate of drug-likeness (QED) is 0.589. The average Bonchev–Trinajstić information content (AvgIpc) is 2.29. The first-order valence-corrected chi connectivity index (χ1v) is 4.51. The summed E-state index contributed by atoms with van der Waals surface area (Å²) in [4.78, 5) is 21.9. The molecular formula is C7H9O3S. The Bertz CT molecular complexity index is 163. The van der Waals surface area contributed by atoms with Gasteiger partial charge in [0, 0.05) is 0 Å². The molecule has 1 unspecified atom stereocenters. The van der Waals surface area contributed by atoms with Crippen molar-refractivity contribution in [1.82, 2.24) is 0 Å². The van der Waals surface area contributed by atoms with Crippen molar-refractivity contribution in [2.75, 3.05) is 12.4 Å². The van der Waals surface area contributed by atoms with Crippen LogP contribution in [0.4, 0.5) is 0 Å². The highest BCUT2D eigenvalue weighted by Crippen LogP contribution is 2.25. The van der Waals surface area contributed by atoms with Crippen LogP contribution in [-0.4, -0.2) is 23.3 Å². The molecule has 3 nitrogen and oxygen atoms in total. The summed E-state index contributed by atoms with van der Waals surface area (Å²) in [6, 6.07) is 0.